The minimum absolute atomic E-state index is 0.0634. The maximum absolute atomic E-state index is 13.8. The number of ether oxygens (including phenoxy) is 5. The fraction of sp³-hybridized carbons (Fsp3) is 0.588. The Balaban J connectivity index is 0.000000555. The molecule has 1 saturated heterocycles. The van der Waals surface area contributed by atoms with Crippen molar-refractivity contribution >= 4 is 23.7 Å². The van der Waals surface area contributed by atoms with Crippen molar-refractivity contribution in [1.82, 2.24) is 0 Å². The normalized spacial score (nSPS) is 25.2. The number of methoxy groups -OCH3 is 2. The average molecular weight is 660 g/mol. The molecule has 258 valence electrons. The van der Waals surface area contributed by atoms with E-state index in [1.807, 2.05) is 12.1 Å². The van der Waals surface area contributed by atoms with E-state index in [0.717, 1.165) is 49.6 Å². The smallest absolute Gasteiger partial charge is 0.339 e. The number of carboxylic acids is 1. The molecule has 13 heteroatoms. The van der Waals surface area contributed by atoms with Gasteiger partial charge in [-0.2, -0.15) is 0 Å². The van der Waals surface area contributed by atoms with E-state index in [-0.39, 0.29) is 30.5 Å². The summed E-state index contributed by atoms with van der Waals surface area (Å²) in [7, 11) is 2.77. The van der Waals surface area contributed by atoms with Crippen molar-refractivity contribution in [3.8, 4) is 11.5 Å². The van der Waals surface area contributed by atoms with Gasteiger partial charge in [0.2, 0.25) is 6.79 Å². The molecule has 1 spiro atoms. The summed E-state index contributed by atoms with van der Waals surface area (Å²) in [5.41, 5.74) is -1.29. The SMILES string of the molecule is CC(=O)/C=C/C(=O)[O-].COC(=O)C[C@@](O)(CCCC(C)(C)O)C(=O)O[C@@H]1C(OC)=C[C@]23CCC[NH+]2CCc2cc4c(cc2[C@H]13)OCO4. The van der Waals surface area contributed by atoms with Gasteiger partial charge >= 0.3 is 11.9 Å². The van der Waals surface area contributed by atoms with E-state index in [4.69, 9.17) is 23.7 Å². The van der Waals surface area contributed by atoms with Crippen LogP contribution in [0.15, 0.2) is 36.1 Å². The highest BCUT2D eigenvalue weighted by Crippen LogP contribution is 2.50. The summed E-state index contributed by atoms with van der Waals surface area (Å²) in [6.45, 7) is 6.65. The van der Waals surface area contributed by atoms with Gasteiger partial charge in [-0.1, -0.05) is 0 Å². The van der Waals surface area contributed by atoms with Crippen molar-refractivity contribution in [2.45, 2.75) is 94.5 Å². The predicted molar refractivity (Wildman–Crippen MR) is 163 cm³/mol. The molecule has 1 aromatic rings. The van der Waals surface area contributed by atoms with E-state index < -0.39 is 41.6 Å². The number of ketones is 1. The molecule has 0 amide bonds. The monoisotopic (exact) mass is 659 g/mol. The third-order valence-electron chi connectivity index (χ3n) is 9.28. The quantitative estimate of drug-likeness (QED) is 0.215. The third-order valence-corrected chi connectivity index (χ3v) is 9.28. The van der Waals surface area contributed by atoms with E-state index in [1.165, 1.54) is 18.9 Å². The largest absolute Gasteiger partial charge is 0.545 e. The zero-order chi connectivity index (χ0) is 34.6. The first kappa shape index (κ1) is 35.9. The fourth-order valence-electron chi connectivity index (χ4n) is 7.10. The number of benzene rings is 1. The van der Waals surface area contributed by atoms with Crippen LogP contribution in [-0.4, -0.2) is 90.9 Å². The highest BCUT2D eigenvalue weighted by Gasteiger charge is 2.62. The second-order valence-corrected chi connectivity index (χ2v) is 13.2. The molecule has 3 N–H and O–H groups in total. The zero-order valence-corrected chi connectivity index (χ0v) is 27.6. The highest BCUT2D eigenvalue weighted by molar-refractivity contribution is 5.93. The summed E-state index contributed by atoms with van der Waals surface area (Å²) in [5, 5.41) is 31.2. The van der Waals surface area contributed by atoms with E-state index in [9.17, 15) is 34.5 Å². The van der Waals surface area contributed by atoms with Crippen LogP contribution in [0.4, 0.5) is 0 Å². The van der Waals surface area contributed by atoms with Crippen LogP contribution >= 0.6 is 0 Å². The van der Waals surface area contributed by atoms with E-state index >= 15 is 0 Å². The third kappa shape index (κ3) is 8.14. The molecule has 3 aliphatic heterocycles. The van der Waals surface area contributed by atoms with Crippen molar-refractivity contribution in [2.24, 2.45) is 0 Å². The molecule has 13 nitrogen and oxygen atoms in total. The molecule has 0 saturated carbocycles. The molecular formula is C34H45NO12. The van der Waals surface area contributed by atoms with Gasteiger partial charge in [0.05, 0.1) is 51.2 Å². The van der Waals surface area contributed by atoms with Crippen LogP contribution in [0.2, 0.25) is 0 Å². The minimum Gasteiger partial charge on any atom is -0.545 e. The Bertz CT molecular complexity index is 1410. The number of allylic oxidation sites excluding steroid dienone is 1. The van der Waals surface area contributed by atoms with Gasteiger partial charge in [0, 0.05) is 25.3 Å². The summed E-state index contributed by atoms with van der Waals surface area (Å²) in [4.78, 5) is 46.9. The lowest BCUT2D eigenvalue weighted by atomic mass is 9.77. The fourth-order valence-corrected chi connectivity index (χ4v) is 7.10. The lowest BCUT2D eigenvalue weighted by Crippen LogP contribution is -3.18. The molecule has 0 radical (unpaired) electrons. The maximum atomic E-state index is 13.8. The van der Waals surface area contributed by atoms with Crippen LogP contribution in [0.25, 0.3) is 0 Å². The Hall–Kier alpha value is -3.94. The van der Waals surface area contributed by atoms with Gasteiger partial charge in [-0.05, 0) is 75.4 Å². The second-order valence-electron chi connectivity index (χ2n) is 13.2. The van der Waals surface area contributed by atoms with E-state index in [0.29, 0.717) is 36.2 Å². The van der Waals surface area contributed by atoms with Gasteiger partial charge in [0.25, 0.3) is 0 Å². The van der Waals surface area contributed by atoms with Gasteiger partial charge in [-0.15, -0.1) is 0 Å². The van der Waals surface area contributed by atoms with Crippen molar-refractivity contribution in [2.75, 3.05) is 34.1 Å². The number of quaternary nitrogens is 1. The molecule has 1 fully saturated rings. The number of aliphatic hydroxyl groups is 2. The summed E-state index contributed by atoms with van der Waals surface area (Å²) >= 11 is 0. The Morgan fingerprint density at radius 2 is 1.79 bits per heavy atom. The summed E-state index contributed by atoms with van der Waals surface area (Å²) < 4.78 is 28.1. The zero-order valence-electron chi connectivity index (χ0n) is 27.6. The van der Waals surface area contributed by atoms with E-state index in [1.54, 1.807) is 21.0 Å². The molecule has 47 heavy (non-hydrogen) atoms. The van der Waals surface area contributed by atoms with Crippen molar-refractivity contribution in [3.63, 3.8) is 0 Å². The summed E-state index contributed by atoms with van der Waals surface area (Å²) in [5.74, 6) is -1.62. The minimum atomic E-state index is -2.11. The number of carbonyl (C=O) groups is 4. The summed E-state index contributed by atoms with van der Waals surface area (Å²) in [6.07, 6.45) is 5.77. The number of hydrogen-bond acceptors (Lipinski definition) is 12. The van der Waals surface area contributed by atoms with Crippen molar-refractivity contribution < 1.29 is 63.1 Å². The summed E-state index contributed by atoms with van der Waals surface area (Å²) in [6, 6.07) is 4.03. The second kappa shape index (κ2) is 14.4. The van der Waals surface area contributed by atoms with Crippen LogP contribution in [0.5, 0.6) is 11.5 Å². The number of fused-ring (bicyclic) bond motifs is 3. The molecule has 5 atom stereocenters. The number of carbonyl (C=O) groups excluding carboxylic acids is 4. The van der Waals surface area contributed by atoms with Crippen molar-refractivity contribution in [3.05, 3.63) is 47.2 Å². The lowest BCUT2D eigenvalue weighted by Gasteiger charge is -2.37. The van der Waals surface area contributed by atoms with Gasteiger partial charge in [-0.3, -0.25) is 9.59 Å². The number of nitrogens with one attached hydrogen (secondary N) is 1. The van der Waals surface area contributed by atoms with Crippen molar-refractivity contribution in [1.29, 1.82) is 0 Å². The Kier molecular flexibility index (Phi) is 11.0. The molecule has 1 aromatic carbocycles. The molecule has 3 heterocycles. The molecule has 0 aromatic heterocycles. The van der Waals surface area contributed by atoms with Gasteiger partial charge in [0.15, 0.2) is 29.0 Å². The number of carboxylic acid groups (broad SMARTS) is 1. The first-order valence-corrected chi connectivity index (χ1v) is 15.8. The van der Waals surface area contributed by atoms with Crippen LogP contribution in [0.3, 0.4) is 0 Å². The Labute approximate surface area is 274 Å². The van der Waals surface area contributed by atoms with Crippen LogP contribution < -0.4 is 19.5 Å². The van der Waals surface area contributed by atoms with Crippen LogP contribution in [0.1, 0.15) is 76.3 Å². The van der Waals surface area contributed by atoms with Gasteiger partial charge in [-0.25, -0.2) is 4.79 Å². The molecule has 1 aliphatic carbocycles. The molecular weight excluding hydrogens is 614 g/mol. The van der Waals surface area contributed by atoms with Gasteiger partial charge < -0.3 is 48.7 Å². The molecule has 5 rings (SSSR count). The average Bonchev–Trinajstić information content (AvgIpc) is 3.69. The van der Waals surface area contributed by atoms with Crippen LogP contribution in [-0.2, 0) is 39.8 Å². The molecule has 4 aliphatic rings. The van der Waals surface area contributed by atoms with Crippen LogP contribution in [0, 0.1) is 0 Å². The first-order valence-electron chi connectivity index (χ1n) is 15.8. The number of rotatable bonds is 11. The maximum Gasteiger partial charge on any atom is 0.339 e. The molecule has 1 unspecified atom stereocenters. The van der Waals surface area contributed by atoms with Gasteiger partial charge in [0.1, 0.15) is 11.3 Å². The predicted octanol–water partition coefficient (Wildman–Crippen LogP) is 0.0451. The number of aliphatic carboxylic acids is 1. The van der Waals surface area contributed by atoms with E-state index in [2.05, 4.69) is 6.08 Å². The highest BCUT2D eigenvalue weighted by atomic mass is 16.7. The standard InChI is InChI=1S/C29H39NO9.C5H6O3/c1-27(2,33)8-5-10-29(34,16-23(31)36-4)26(32)39-25-22(35-3)15-28-9-6-11-30(28)12-7-18-13-20-21(38-17-37-20)14-19(18)24(25)28;1-4(6)2-3-5(7)8/h13-15,24-25,33-34H,5-12,16-17H2,1-4H3;2-3H,1H3,(H,7,8)/b;3-2+/t24-,25-,28+,29+;/m1./s1. The Morgan fingerprint density at radius 1 is 1.09 bits per heavy atom. The number of esters is 2. The Morgan fingerprint density at radius 3 is 2.38 bits per heavy atom. The topological polar surface area (TPSA) is 182 Å². The first-order chi connectivity index (χ1) is 22.1. The lowest BCUT2D eigenvalue weighted by molar-refractivity contribution is -0.932. The molecule has 0 bridgehead atoms. The number of hydrogen-bond donors (Lipinski definition) is 3.